The fourth-order valence-corrected chi connectivity index (χ4v) is 3.24. The molecule has 27 heavy (non-hydrogen) atoms. The summed E-state index contributed by atoms with van der Waals surface area (Å²) in [4.78, 5) is 11.8. The molecule has 0 fully saturated rings. The number of hydrogen-bond acceptors (Lipinski definition) is 3. The van der Waals surface area contributed by atoms with Gasteiger partial charge in [0.2, 0.25) is 0 Å². The minimum atomic E-state index is -4.78. The van der Waals surface area contributed by atoms with Gasteiger partial charge in [-0.25, -0.2) is 0 Å². The first-order valence-corrected chi connectivity index (χ1v) is 7.81. The molecule has 0 radical (unpaired) electrons. The molecule has 1 heterocycles. The van der Waals surface area contributed by atoms with Crippen LogP contribution >= 0.6 is 0 Å². The molecule has 0 spiro atoms. The minimum Gasteiger partial charge on any atom is -0.406 e. The van der Waals surface area contributed by atoms with Crippen LogP contribution in [-0.2, 0) is 7.05 Å². The first kappa shape index (κ1) is 18.3. The van der Waals surface area contributed by atoms with Crippen molar-refractivity contribution in [3.63, 3.8) is 0 Å². The number of primary amides is 1. The highest BCUT2D eigenvalue weighted by Crippen LogP contribution is 2.35. The summed E-state index contributed by atoms with van der Waals surface area (Å²) in [5, 5.41) is 10.00. The number of carbonyl (C=O) groups is 1. The van der Waals surface area contributed by atoms with Gasteiger partial charge in [-0.15, -0.1) is 13.2 Å². The lowest BCUT2D eigenvalue weighted by molar-refractivity contribution is -0.274. The molecule has 0 bridgehead atoms. The highest BCUT2D eigenvalue weighted by atomic mass is 19.4. The third kappa shape index (κ3) is 3.31. The van der Waals surface area contributed by atoms with Crippen molar-refractivity contribution in [1.29, 1.82) is 5.26 Å². The van der Waals surface area contributed by atoms with Gasteiger partial charge in [0, 0.05) is 18.0 Å². The van der Waals surface area contributed by atoms with E-state index >= 15 is 0 Å². The quantitative estimate of drug-likeness (QED) is 0.753. The highest BCUT2D eigenvalue weighted by Gasteiger charge is 2.31. The number of rotatable bonds is 3. The summed E-state index contributed by atoms with van der Waals surface area (Å²) in [6.07, 6.45) is -4.78. The van der Waals surface area contributed by atoms with Crippen LogP contribution in [0.25, 0.3) is 22.0 Å². The summed E-state index contributed by atoms with van der Waals surface area (Å²) in [5.41, 5.74) is 8.59. The molecule has 0 aliphatic heterocycles. The number of nitrogens with zero attached hydrogens (tertiary/aromatic N) is 2. The molecular formula is C19H14F3N3O2. The predicted molar refractivity (Wildman–Crippen MR) is 93.0 cm³/mol. The first-order valence-electron chi connectivity index (χ1n) is 7.81. The van der Waals surface area contributed by atoms with E-state index in [2.05, 4.69) is 10.8 Å². The van der Waals surface area contributed by atoms with Gasteiger partial charge < -0.3 is 15.0 Å². The Hall–Kier alpha value is -3.47. The number of amides is 1. The van der Waals surface area contributed by atoms with Gasteiger partial charge in [-0.2, -0.15) is 5.26 Å². The smallest absolute Gasteiger partial charge is 0.406 e. The Balaban J connectivity index is 2.23. The van der Waals surface area contributed by atoms with E-state index in [1.54, 1.807) is 30.7 Å². The number of benzene rings is 2. The zero-order chi connectivity index (χ0) is 19.9. The molecule has 0 aliphatic carbocycles. The van der Waals surface area contributed by atoms with E-state index < -0.39 is 12.3 Å². The van der Waals surface area contributed by atoms with E-state index in [0.29, 0.717) is 38.9 Å². The zero-order valence-corrected chi connectivity index (χ0v) is 14.4. The standard InChI is InChI=1S/C19H14F3N3O2/c1-10-14-7-11(9-23)8-15(17(14)25(2)16(10)18(24)26)12-3-5-13(6-4-12)27-19(20,21)22/h3-8H,1-2H3,(H2,24,26). The van der Waals surface area contributed by atoms with Crippen molar-refractivity contribution in [3.05, 3.63) is 53.2 Å². The van der Waals surface area contributed by atoms with Crippen LogP contribution in [0.3, 0.4) is 0 Å². The monoisotopic (exact) mass is 373 g/mol. The van der Waals surface area contributed by atoms with Crippen molar-refractivity contribution in [2.75, 3.05) is 0 Å². The number of halogens is 3. The first-order chi connectivity index (χ1) is 12.6. The molecule has 3 aromatic rings. The maximum Gasteiger partial charge on any atom is 0.573 e. The maximum atomic E-state index is 12.3. The maximum absolute atomic E-state index is 12.3. The van der Waals surface area contributed by atoms with Gasteiger partial charge in [0.25, 0.3) is 5.91 Å². The molecule has 0 unspecified atom stereocenters. The summed E-state index contributed by atoms with van der Waals surface area (Å²) < 4.78 is 42.5. The summed E-state index contributed by atoms with van der Waals surface area (Å²) in [7, 11) is 1.67. The lowest BCUT2D eigenvalue weighted by atomic mass is 9.99. The molecule has 138 valence electrons. The molecule has 0 saturated heterocycles. The van der Waals surface area contributed by atoms with Crippen LogP contribution in [0.5, 0.6) is 5.75 Å². The van der Waals surface area contributed by atoms with Gasteiger partial charge in [-0.05, 0) is 42.3 Å². The predicted octanol–water partition coefficient (Wildman–Crippen LogP) is 4.02. The molecular weight excluding hydrogens is 359 g/mol. The van der Waals surface area contributed by atoms with E-state index in [0.717, 1.165) is 0 Å². The molecule has 3 rings (SSSR count). The molecule has 1 aromatic heterocycles. The fourth-order valence-electron chi connectivity index (χ4n) is 3.24. The second kappa shape index (κ2) is 6.36. The number of nitrogens with two attached hydrogens (primary N) is 1. The van der Waals surface area contributed by atoms with Crippen LogP contribution in [0.15, 0.2) is 36.4 Å². The lowest BCUT2D eigenvalue weighted by Gasteiger charge is -2.11. The Bertz CT molecular complexity index is 1090. The number of nitriles is 1. The minimum absolute atomic E-state index is 0.304. The Morgan fingerprint density at radius 3 is 2.37 bits per heavy atom. The van der Waals surface area contributed by atoms with Crippen molar-refractivity contribution < 1.29 is 22.7 Å². The summed E-state index contributed by atoms with van der Waals surface area (Å²) in [6, 6.07) is 10.6. The van der Waals surface area contributed by atoms with E-state index in [1.807, 2.05) is 0 Å². The van der Waals surface area contributed by atoms with Gasteiger partial charge in [-0.1, -0.05) is 12.1 Å². The fraction of sp³-hybridized carbons (Fsp3) is 0.158. The summed E-state index contributed by atoms with van der Waals surface area (Å²) in [6.45, 7) is 1.73. The molecule has 2 aromatic carbocycles. The molecule has 8 heteroatoms. The van der Waals surface area contributed by atoms with Gasteiger partial charge >= 0.3 is 6.36 Å². The third-order valence-corrected chi connectivity index (χ3v) is 4.30. The number of ether oxygens (including phenoxy) is 1. The van der Waals surface area contributed by atoms with Gasteiger partial charge in [-0.3, -0.25) is 4.79 Å². The molecule has 5 nitrogen and oxygen atoms in total. The number of aryl methyl sites for hydroxylation is 2. The van der Waals surface area contributed by atoms with Crippen LogP contribution in [-0.4, -0.2) is 16.8 Å². The van der Waals surface area contributed by atoms with Gasteiger partial charge in [0.1, 0.15) is 11.4 Å². The van der Waals surface area contributed by atoms with Crippen molar-refractivity contribution in [2.24, 2.45) is 12.8 Å². The second-order valence-corrected chi connectivity index (χ2v) is 6.00. The third-order valence-electron chi connectivity index (χ3n) is 4.30. The van der Waals surface area contributed by atoms with Gasteiger partial charge in [0.05, 0.1) is 17.1 Å². The van der Waals surface area contributed by atoms with E-state index in [9.17, 15) is 23.2 Å². The topological polar surface area (TPSA) is 81.0 Å². The van der Waals surface area contributed by atoms with Crippen LogP contribution in [0.1, 0.15) is 21.6 Å². The molecule has 0 aliphatic rings. The molecule has 1 amide bonds. The highest BCUT2D eigenvalue weighted by molar-refractivity contribution is 6.05. The molecule has 0 saturated carbocycles. The number of fused-ring (bicyclic) bond motifs is 1. The molecule has 2 N–H and O–H groups in total. The van der Waals surface area contributed by atoms with E-state index in [4.69, 9.17) is 5.73 Å². The SMILES string of the molecule is Cc1c(C(N)=O)n(C)c2c(-c3ccc(OC(F)(F)F)cc3)cc(C#N)cc12. The Labute approximate surface area is 152 Å². The Kier molecular flexibility index (Phi) is 4.31. The zero-order valence-electron chi connectivity index (χ0n) is 14.4. The Morgan fingerprint density at radius 1 is 1.22 bits per heavy atom. The van der Waals surface area contributed by atoms with Crippen molar-refractivity contribution >= 4 is 16.8 Å². The largest absolute Gasteiger partial charge is 0.573 e. The number of aromatic nitrogens is 1. The van der Waals surface area contributed by atoms with Crippen LogP contribution < -0.4 is 10.5 Å². The number of alkyl halides is 3. The van der Waals surface area contributed by atoms with Crippen LogP contribution in [0.2, 0.25) is 0 Å². The van der Waals surface area contributed by atoms with Crippen molar-refractivity contribution in [3.8, 4) is 22.9 Å². The average molecular weight is 373 g/mol. The van der Waals surface area contributed by atoms with Gasteiger partial charge in [0.15, 0.2) is 0 Å². The van der Waals surface area contributed by atoms with Crippen LogP contribution in [0.4, 0.5) is 13.2 Å². The van der Waals surface area contributed by atoms with E-state index in [1.165, 1.54) is 24.3 Å². The average Bonchev–Trinajstić information content (AvgIpc) is 2.84. The van der Waals surface area contributed by atoms with Crippen molar-refractivity contribution in [1.82, 2.24) is 4.57 Å². The van der Waals surface area contributed by atoms with E-state index in [-0.39, 0.29) is 5.75 Å². The number of carbonyl (C=O) groups excluding carboxylic acids is 1. The summed E-state index contributed by atoms with van der Waals surface area (Å²) >= 11 is 0. The summed E-state index contributed by atoms with van der Waals surface area (Å²) in [5.74, 6) is -0.954. The second-order valence-electron chi connectivity index (χ2n) is 6.00. The lowest BCUT2D eigenvalue weighted by Crippen LogP contribution is -2.17. The number of hydrogen-bond donors (Lipinski definition) is 1. The normalized spacial score (nSPS) is 11.4. The van der Waals surface area contributed by atoms with Crippen LogP contribution in [0, 0.1) is 18.3 Å². The Morgan fingerprint density at radius 2 is 1.85 bits per heavy atom. The van der Waals surface area contributed by atoms with Crippen molar-refractivity contribution in [2.45, 2.75) is 13.3 Å². The molecule has 0 atom stereocenters.